The number of carbonyl (C=O) groups is 4. The van der Waals surface area contributed by atoms with Crippen LogP contribution in [0.3, 0.4) is 0 Å². The van der Waals surface area contributed by atoms with Crippen LogP contribution < -0.4 is 27.1 Å². The fourth-order valence-corrected chi connectivity index (χ4v) is 6.00. The number of amides is 4. The summed E-state index contributed by atoms with van der Waals surface area (Å²) in [5.74, 6) is -3.25. The molecule has 12 nitrogen and oxygen atoms in total. The number of carbonyl (C=O) groups excluding carboxylic acids is 4. The molecule has 250 valence electrons. The molecule has 1 aromatic heterocycles. The van der Waals surface area contributed by atoms with E-state index < -0.39 is 48.8 Å². The number of nitrogens with one attached hydrogen (secondary N) is 4. The maximum absolute atomic E-state index is 13.4. The minimum atomic E-state index is -1.44. The molecule has 5 rings (SSSR count). The summed E-state index contributed by atoms with van der Waals surface area (Å²) in [4.78, 5) is 63.6. The van der Waals surface area contributed by atoms with E-state index >= 15 is 0 Å². The van der Waals surface area contributed by atoms with Crippen LogP contribution in [0.2, 0.25) is 15.1 Å². The Hall–Kier alpha value is -4.78. The molecule has 1 aliphatic rings. The van der Waals surface area contributed by atoms with E-state index in [0.717, 1.165) is 23.1 Å². The Labute approximate surface area is 289 Å². The second-order valence-electron chi connectivity index (χ2n) is 10.8. The van der Waals surface area contributed by atoms with Gasteiger partial charge in [0.15, 0.2) is 18.1 Å². The summed E-state index contributed by atoms with van der Waals surface area (Å²) < 4.78 is 14.9. The average Bonchev–Trinajstić information content (AvgIpc) is 3.61. The molecule has 15 heteroatoms. The number of esters is 1. The van der Waals surface area contributed by atoms with Crippen LogP contribution in [-0.2, 0) is 29.1 Å². The Bertz CT molecular complexity index is 1900. The van der Waals surface area contributed by atoms with Crippen molar-refractivity contribution in [2.24, 2.45) is 0 Å². The highest BCUT2D eigenvalue weighted by Crippen LogP contribution is 2.30. The molecule has 1 aliphatic carbocycles. The molecule has 4 N–H and O–H groups in total. The summed E-state index contributed by atoms with van der Waals surface area (Å²) in [6.45, 7) is 0.758. The van der Waals surface area contributed by atoms with E-state index in [4.69, 9.17) is 48.4 Å². The number of aryl methyl sites for hydroxylation is 2. The van der Waals surface area contributed by atoms with Gasteiger partial charge in [0.05, 0.1) is 28.2 Å². The van der Waals surface area contributed by atoms with Crippen molar-refractivity contribution in [1.29, 1.82) is 0 Å². The Morgan fingerprint density at radius 1 is 0.938 bits per heavy atom. The lowest BCUT2D eigenvalue weighted by Gasteiger charge is -2.20. The normalized spacial score (nSPS) is 14.0. The average molecular weight is 716 g/mol. The molecule has 0 radical (unpaired) electrons. The lowest BCUT2D eigenvalue weighted by Crippen LogP contribution is -2.51. The van der Waals surface area contributed by atoms with Crippen molar-refractivity contribution in [3.8, 4) is 0 Å². The van der Waals surface area contributed by atoms with Crippen LogP contribution in [0.4, 0.5) is 4.79 Å². The van der Waals surface area contributed by atoms with E-state index in [1.165, 1.54) is 19.1 Å². The van der Waals surface area contributed by atoms with Crippen molar-refractivity contribution in [1.82, 2.24) is 21.3 Å². The minimum Gasteiger partial charge on any atom is -0.456 e. The molecule has 0 aliphatic heterocycles. The lowest BCUT2D eigenvalue weighted by atomic mass is 10.1. The third-order valence-electron chi connectivity index (χ3n) is 7.55. The van der Waals surface area contributed by atoms with Gasteiger partial charge in [-0.05, 0) is 60.7 Å². The predicted molar refractivity (Wildman–Crippen MR) is 176 cm³/mol. The summed E-state index contributed by atoms with van der Waals surface area (Å²) >= 11 is 18.8. The van der Waals surface area contributed by atoms with Crippen molar-refractivity contribution < 1.29 is 32.7 Å². The minimum absolute atomic E-state index is 0.0284. The smallest absolute Gasteiger partial charge is 0.456 e. The highest BCUT2D eigenvalue weighted by molar-refractivity contribution is 6.40. The van der Waals surface area contributed by atoms with E-state index in [1.54, 1.807) is 24.3 Å². The second kappa shape index (κ2) is 15.4. The van der Waals surface area contributed by atoms with Crippen molar-refractivity contribution in [2.45, 2.75) is 45.0 Å². The van der Waals surface area contributed by atoms with Crippen LogP contribution in [0.25, 0.3) is 0 Å². The van der Waals surface area contributed by atoms with Crippen LogP contribution in [0.5, 0.6) is 0 Å². The first kappa shape index (κ1) is 34.6. The molecular weight excluding hydrogens is 687 g/mol. The van der Waals surface area contributed by atoms with Crippen LogP contribution in [0, 0.1) is 6.92 Å². The lowest BCUT2D eigenvalue weighted by molar-refractivity contribution is -0.147. The predicted octanol–water partition coefficient (Wildman–Crippen LogP) is 5.26. The molecule has 4 aromatic rings. The van der Waals surface area contributed by atoms with Gasteiger partial charge >= 0.3 is 17.8 Å². The van der Waals surface area contributed by atoms with Crippen molar-refractivity contribution >= 4 is 58.6 Å². The number of halogens is 3. The Morgan fingerprint density at radius 3 is 2.40 bits per heavy atom. The summed E-state index contributed by atoms with van der Waals surface area (Å²) in [7, 11) is 0. The summed E-state index contributed by atoms with van der Waals surface area (Å²) in [5, 5.41) is 10.9. The molecule has 3 aromatic carbocycles. The van der Waals surface area contributed by atoms with Crippen LogP contribution >= 0.6 is 34.8 Å². The van der Waals surface area contributed by atoms with Gasteiger partial charge in [0.25, 0.3) is 11.8 Å². The topological polar surface area (TPSA) is 169 Å². The molecule has 0 bridgehead atoms. The SMILES string of the molecule is Cc1oc(=O)oc1COC(=O)[C@H](CNC(=O)N[C@@H]1CCc2ccccc21)NC(=O)c1c(Cl)cc(C(=O)NCc2cccc(Cl)c2)cc1Cl. The van der Waals surface area contributed by atoms with Gasteiger partial charge in [0.1, 0.15) is 6.04 Å². The molecule has 0 unspecified atom stereocenters. The van der Waals surface area contributed by atoms with Crippen LogP contribution in [0.1, 0.15) is 61.4 Å². The molecule has 0 fully saturated rings. The first-order chi connectivity index (χ1) is 23.0. The fraction of sp³-hybridized carbons (Fsp3) is 0.242. The Kier molecular flexibility index (Phi) is 11.1. The highest BCUT2D eigenvalue weighted by Gasteiger charge is 2.29. The molecule has 0 spiro atoms. The number of urea groups is 1. The number of hydrogen-bond acceptors (Lipinski definition) is 8. The first-order valence-electron chi connectivity index (χ1n) is 14.7. The maximum Gasteiger partial charge on any atom is 0.519 e. The Balaban J connectivity index is 1.27. The molecule has 48 heavy (non-hydrogen) atoms. The van der Waals surface area contributed by atoms with E-state index in [1.807, 2.05) is 24.3 Å². The van der Waals surface area contributed by atoms with Gasteiger partial charge < -0.3 is 34.8 Å². The van der Waals surface area contributed by atoms with Gasteiger partial charge in [-0.3, -0.25) is 9.59 Å². The standard InChI is InChI=1S/C33H29Cl3N4O8/c1-17-27(48-33(45)47-17)16-46-31(43)26(15-38-32(44)40-25-10-9-19-6-2-3-8-22(19)25)39-30(42)28-23(35)12-20(13-24(28)36)29(41)37-14-18-5-4-7-21(34)11-18/h2-8,11-13,25-26H,9-10,14-16H2,1H3,(H,37,41)(H,39,42)(H2,38,40,44)/t25-,26+/m1/s1. The number of rotatable bonds is 11. The van der Waals surface area contributed by atoms with Crippen LogP contribution in [0.15, 0.2) is 74.3 Å². The van der Waals surface area contributed by atoms with Gasteiger partial charge in [-0.25, -0.2) is 14.4 Å². The van der Waals surface area contributed by atoms with Gasteiger partial charge in [-0.2, -0.15) is 0 Å². The summed E-state index contributed by atoms with van der Waals surface area (Å²) in [5.41, 5.74) is 2.77. The van der Waals surface area contributed by atoms with Gasteiger partial charge in [-0.1, -0.05) is 71.2 Å². The highest BCUT2D eigenvalue weighted by atomic mass is 35.5. The fourth-order valence-electron chi connectivity index (χ4n) is 5.13. The largest absolute Gasteiger partial charge is 0.519 e. The zero-order chi connectivity index (χ0) is 34.4. The number of hydrogen-bond donors (Lipinski definition) is 4. The van der Waals surface area contributed by atoms with Crippen molar-refractivity contribution in [2.75, 3.05) is 6.54 Å². The van der Waals surface area contributed by atoms with E-state index in [9.17, 15) is 24.0 Å². The monoisotopic (exact) mass is 714 g/mol. The van der Waals surface area contributed by atoms with Gasteiger partial charge in [-0.15, -0.1) is 0 Å². The van der Waals surface area contributed by atoms with E-state index in [0.29, 0.717) is 11.4 Å². The van der Waals surface area contributed by atoms with Gasteiger partial charge in [0, 0.05) is 17.1 Å². The third kappa shape index (κ3) is 8.57. The van der Waals surface area contributed by atoms with Gasteiger partial charge in [0.2, 0.25) is 0 Å². The maximum atomic E-state index is 13.4. The Morgan fingerprint density at radius 2 is 1.69 bits per heavy atom. The molecule has 1 heterocycles. The number of benzene rings is 3. The summed E-state index contributed by atoms with van der Waals surface area (Å²) in [6, 6.07) is 15.0. The summed E-state index contributed by atoms with van der Waals surface area (Å²) in [6.07, 6.45) is 1.51. The third-order valence-corrected chi connectivity index (χ3v) is 8.38. The number of fused-ring (bicyclic) bond motifs is 1. The molecule has 0 saturated carbocycles. The van der Waals surface area contributed by atoms with Crippen molar-refractivity contribution in [3.63, 3.8) is 0 Å². The van der Waals surface area contributed by atoms with E-state index in [2.05, 4.69) is 21.3 Å². The van der Waals surface area contributed by atoms with Crippen molar-refractivity contribution in [3.05, 3.63) is 126 Å². The van der Waals surface area contributed by atoms with Crippen LogP contribution in [-0.4, -0.2) is 36.4 Å². The second-order valence-corrected chi connectivity index (χ2v) is 12.1. The molecule has 2 atom stereocenters. The first-order valence-corrected chi connectivity index (χ1v) is 15.8. The van der Waals surface area contributed by atoms with E-state index in [-0.39, 0.29) is 45.3 Å². The molecule has 4 amide bonds. The quantitative estimate of drug-likeness (QED) is 0.153. The molecule has 0 saturated heterocycles. The zero-order valence-electron chi connectivity index (χ0n) is 25.4. The number of ether oxygens (including phenoxy) is 1. The zero-order valence-corrected chi connectivity index (χ0v) is 27.6. The molecular formula is C33H29Cl3N4O8.